The molecule has 0 radical (unpaired) electrons. The van der Waals surface area contributed by atoms with E-state index in [0.717, 1.165) is 5.56 Å². The van der Waals surface area contributed by atoms with Crippen LogP contribution in [0.1, 0.15) is 5.56 Å². The van der Waals surface area contributed by atoms with E-state index >= 15 is 0 Å². The third-order valence-electron chi connectivity index (χ3n) is 2.98. The van der Waals surface area contributed by atoms with Crippen molar-refractivity contribution >= 4 is 0 Å². The number of benzene rings is 1. The van der Waals surface area contributed by atoms with Crippen molar-refractivity contribution in [3.63, 3.8) is 0 Å². The van der Waals surface area contributed by atoms with Gasteiger partial charge in [-0.05, 0) is 0 Å². The largest absolute Gasteiger partial charge is 0.323 e. The first-order valence-corrected chi connectivity index (χ1v) is 5.31. The maximum absolute atomic E-state index is 5.73. The highest BCUT2D eigenvalue weighted by Gasteiger charge is 2.50. The molecule has 0 spiro atoms. The first kappa shape index (κ1) is 9.86. The minimum absolute atomic E-state index is 0.149. The van der Waals surface area contributed by atoms with Gasteiger partial charge in [-0.15, -0.1) is 6.42 Å². The Balaban J connectivity index is 1.97. The van der Waals surface area contributed by atoms with Gasteiger partial charge in [0.25, 0.3) is 0 Å². The summed E-state index contributed by atoms with van der Waals surface area (Å²) in [4.78, 5) is 0. The number of fused-ring (bicyclic) bond motifs is 3. The summed E-state index contributed by atoms with van der Waals surface area (Å²) in [5, 5.41) is 0. The molecule has 1 aromatic rings. The predicted octanol–water partition coefficient (Wildman–Crippen LogP) is 1.49. The number of hydrogen-bond acceptors (Lipinski definition) is 3. The summed E-state index contributed by atoms with van der Waals surface area (Å²) >= 11 is 0. The zero-order valence-corrected chi connectivity index (χ0v) is 8.76. The number of hydrogen-bond donors (Lipinski definition) is 0. The van der Waals surface area contributed by atoms with Gasteiger partial charge in [-0.3, -0.25) is 0 Å². The lowest BCUT2D eigenvalue weighted by atomic mass is 10.00. The van der Waals surface area contributed by atoms with E-state index < -0.39 is 5.97 Å². The molecule has 0 N–H and O–H groups in total. The van der Waals surface area contributed by atoms with Crippen molar-refractivity contribution < 1.29 is 14.2 Å². The predicted molar refractivity (Wildman–Crippen MR) is 57.2 cm³/mol. The van der Waals surface area contributed by atoms with Crippen molar-refractivity contribution in [1.29, 1.82) is 0 Å². The Morgan fingerprint density at radius 1 is 1.19 bits per heavy atom. The van der Waals surface area contributed by atoms with Crippen LogP contribution in [0.4, 0.5) is 0 Å². The highest BCUT2D eigenvalue weighted by molar-refractivity contribution is 5.20. The molecule has 16 heavy (non-hydrogen) atoms. The topological polar surface area (TPSA) is 27.7 Å². The van der Waals surface area contributed by atoms with E-state index in [1.807, 2.05) is 30.3 Å². The quantitative estimate of drug-likeness (QED) is 0.666. The molecule has 1 unspecified atom stereocenters. The summed E-state index contributed by atoms with van der Waals surface area (Å²) < 4.78 is 17.0. The molecule has 3 heterocycles. The van der Waals surface area contributed by atoms with Crippen LogP contribution in [0.2, 0.25) is 0 Å². The van der Waals surface area contributed by atoms with E-state index in [1.54, 1.807) is 0 Å². The first-order chi connectivity index (χ1) is 7.84. The molecule has 3 fully saturated rings. The summed E-state index contributed by atoms with van der Waals surface area (Å²) in [7, 11) is 0. The Labute approximate surface area is 94.3 Å². The summed E-state index contributed by atoms with van der Waals surface area (Å²) in [6.45, 7) is 1.17. The van der Waals surface area contributed by atoms with Crippen molar-refractivity contribution in [2.75, 3.05) is 13.2 Å². The summed E-state index contributed by atoms with van der Waals surface area (Å²) in [6, 6.07) is 9.61. The minimum Gasteiger partial charge on any atom is -0.323 e. The van der Waals surface area contributed by atoms with E-state index in [0.29, 0.717) is 13.2 Å². The van der Waals surface area contributed by atoms with Crippen LogP contribution in [-0.4, -0.2) is 19.3 Å². The van der Waals surface area contributed by atoms with Crippen LogP contribution in [0.3, 0.4) is 0 Å². The lowest BCUT2D eigenvalue weighted by Crippen LogP contribution is -2.55. The van der Waals surface area contributed by atoms with Gasteiger partial charge >= 0.3 is 5.97 Å². The third-order valence-corrected chi connectivity index (χ3v) is 2.98. The van der Waals surface area contributed by atoms with Crippen molar-refractivity contribution in [2.24, 2.45) is 5.92 Å². The van der Waals surface area contributed by atoms with Gasteiger partial charge in [-0.25, -0.2) is 0 Å². The Kier molecular flexibility index (Phi) is 2.22. The lowest BCUT2D eigenvalue weighted by Gasteiger charge is -2.47. The molecule has 3 nitrogen and oxygen atoms in total. The van der Waals surface area contributed by atoms with Gasteiger partial charge in [0.15, 0.2) is 0 Å². The molecule has 3 heteroatoms. The molecule has 82 valence electrons. The van der Waals surface area contributed by atoms with Gasteiger partial charge in [0, 0.05) is 11.5 Å². The fourth-order valence-electron chi connectivity index (χ4n) is 2.08. The normalized spacial score (nSPS) is 36.9. The highest BCUT2D eigenvalue weighted by Crippen LogP contribution is 2.41. The third kappa shape index (κ3) is 1.35. The highest BCUT2D eigenvalue weighted by atomic mass is 16.9. The molecule has 4 rings (SSSR count). The molecule has 1 atom stereocenters. The van der Waals surface area contributed by atoms with Crippen LogP contribution in [0.15, 0.2) is 30.3 Å². The van der Waals surface area contributed by atoms with E-state index in [2.05, 4.69) is 5.92 Å². The maximum atomic E-state index is 5.73. The fourth-order valence-corrected chi connectivity index (χ4v) is 2.08. The molecular formula is C13H12O3. The summed E-state index contributed by atoms with van der Waals surface area (Å²) in [5.74, 6) is 1.71. The average Bonchev–Trinajstić information content (AvgIpc) is 2.41. The Hall–Kier alpha value is -1.34. The molecule has 1 aromatic carbocycles. The number of ether oxygens (including phenoxy) is 3. The summed E-state index contributed by atoms with van der Waals surface area (Å²) in [6.07, 6.45) is 5.22. The van der Waals surface area contributed by atoms with E-state index in [-0.39, 0.29) is 12.0 Å². The summed E-state index contributed by atoms with van der Waals surface area (Å²) in [5.41, 5.74) is 0.855. The Morgan fingerprint density at radius 3 is 2.50 bits per heavy atom. The molecule has 0 aromatic heterocycles. The van der Waals surface area contributed by atoms with Crippen LogP contribution in [0.5, 0.6) is 0 Å². The van der Waals surface area contributed by atoms with Crippen LogP contribution in [0.25, 0.3) is 0 Å². The molecule has 0 amide bonds. The van der Waals surface area contributed by atoms with Crippen molar-refractivity contribution in [1.82, 2.24) is 0 Å². The molecule has 3 aliphatic rings. The van der Waals surface area contributed by atoms with E-state index in [9.17, 15) is 0 Å². The number of rotatable bonds is 1. The monoisotopic (exact) mass is 216 g/mol. The van der Waals surface area contributed by atoms with Gasteiger partial charge in [-0.1, -0.05) is 36.3 Å². The van der Waals surface area contributed by atoms with Crippen LogP contribution in [-0.2, 0) is 20.2 Å². The number of terminal acetylenes is 1. The van der Waals surface area contributed by atoms with Gasteiger partial charge in [0.2, 0.25) is 0 Å². The molecule has 3 aliphatic heterocycles. The molecule has 2 bridgehead atoms. The van der Waals surface area contributed by atoms with E-state index in [1.165, 1.54) is 0 Å². The van der Waals surface area contributed by atoms with Crippen LogP contribution < -0.4 is 0 Å². The second kappa shape index (κ2) is 3.60. The van der Waals surface area contributed by atoms with Gasteiger partial charge in [-0.2, -0.15) is 0 Å². The van der Waals surface area contributed by atoms with Gasteiger partial charge in [0.1, 0.15) is 6.10 Å². The van der Waals surface area contributed by atoms with Crippen LogP contribution >= 0.6 is 0 Å². The first-order valence-electron chi connectivity index (χ1n) is 5.31. The molecular weight excluding hydrogens is 204 g/mol. The minimum atomic E-state index is -1.09. The SMILES string of the molecule is C#CC1OC2(c3ccccc3)OCC1CO2. The van der Waals surface area contributed by atoms with E-state index in [4.69, 9.17) is 20.6 Å². The molecule has 3 saturated heterocycles. The van der Waals surface area contributed by atoms with Crippen molar-refractivity contribution in [3.8, 4) is 12.3 Å². The Morgan fingerprint density at radius 2 is 1.88 bits per heavy atom. The zero-order valence-electron chi connectivity index (χ0n) is 8.76. The lowest BCUT2D eigenvalue weighted by molar-refractivity contribution is -0.471. The standard InChI is InChI=1S/C13H12O3/c1-2-12-10-8-14-13(16-12,15-9-10)11-6-4-3-5-7-11/h1,3-7,10,12H,8-9H2. The second-order valence-electron chi connectivity index (χ2n) is 4.01. The second-order valence-corrected chi connectivity index (χ2v) is 4.01. The van der Waals surface area contributed by atoms with Crippen molar-refractivity contribution in [3.05, 3.63) is 35.9 Å². The zero-order chi connectivity index (χ0) is 11.0. The van der Waals surface area contributed by atoms with Gasteiger partial charge < -0.3 is 14.2 Å². The molecule has 0 aliphatic carbocycles. The van der Waals surface area contributed by atoms with Crippen LogP contribution in [0, 0.1) is 18.3 Å². The average molecular weight is 216 g/mol. The maximum Gasteiger partial charge on any atom is 0.313 e. The Bertz CT molecular complexity index is 413. The fraction of sp³-hybridized carbons (Fsp3) is 0.385. The van der Waals surface area contributed by atoms with Gasteiger partial charge in [0.05, 0.1) is 13.2 Å². The molecule has 0 saturated carbocycles. The smallest absolute Gasteiger partial charge is 0.313 e. The van der Waals surface area contributed by atoms with Crippen molar-refractivity contribution in [2.45, 2.75) is 12.1 Å².